The highest BCUT2D eigenvalue weighted by molar-refractivity contribution is 5.79. The molecule has 0 unspecified atom stereocenters. The topological polar surface area (TPSA) is 76.1 Å². The Kier molecular flexibility index (Phi) is 5.87. The number of carboxylic acid groups (broad SMARTS) is 1. The summed E-state index contributed by atoms with van der Waals surface area (Å²) in [6.07, 6.45) is 2.62. The number of rotatable bonds is 5. The molecule has 5 rings (SSSR count). The highest BCUT2D eigenvalue weighted by atomic mass is 16.6. The molecule has 0 aromatic heterocycles. The van der Waals surface area contributed by atoms with Gasteiger partial charge in [0.2, 0.25) is 0 Å². The Bertz CT molecular complexity index is 952. The predicted molar refractivity (Wildman–Crippen MR) is 119 cm³/mol. The highest BCUT2D eigenvalue weighted by Gasteiger charge is 2.37. The van der Waals surface area contributed by atoms with Crippen LogP contribution in [0.25, 0.3) is 11.1 Å². The summed E-state index contributed by atoms with van der Waals surface area (Å²) in [5.74, 6) is -0.701. The molecular formula is C26H29NO5. The van der Waals surface area contributed by atoms with Crippen molar-refractivity contribution in [2.24, 2.45) is 11.8 Å². The number of fused-ring (bicyclic) bond motifs is 3. The van der Waals surface area contributed by atoms with E-state index < -0.39 is 11.9 Å². The van der Waals surface area contributed by atoms with Crippen LogP contribution in [0.15, 0.2) is 48.5 Å². The third-order valence-corrected chi connectivity index (χ3v) is 7.30. The molecule has 2 saturated heterocycles. The second-order valence-electron chi connectivity index (χ2n) is 9.11. The van der Waals surface area contributed by atoms with E-state index in [0.717, 1.165) is 19.3 Å². The average Bonchev–Trinajstić information content (AvgIpc) is 3.41. The molecule has 6 heteroatoms. The fourth-order valence-corrected chi connectivity index (χ4v) is 5.53. The summed E-state index contributed by atoms with van der Waals surface area (Å²) in [6, 6.07) is 16.7. The first-order chi connectivity index (χ1) is 15.6. The zero-order valence-corrected chi connectivity index (χ0v) is 18.1. The van der Waals surface area contributed by atoms with E-state index in [0.29, 0.717) is 38.6 Å². The van der Waals surface area contributed by atoms with Gasteiger partial charge in [-0.25, -0.2) is 4.79 Å². The van der Waals surface area contributed by atoms with E-state index in [1.165, 1.54) is 22.3 Å². The van der Waals surface area contributed by atoms with Gasteiger partial charge < -0.3 is 19.5 Å². The number of piperidine rings is 1. The molecule has 0 radical (unpaired) electrons. The van der Waals surface area contributed by atoms with Gasteiger partial charge in [0.1, 0.15) is 6.61 Å². The van der Waals surface area contributed by atoms with E-state index in [9.17, 15) is 14.7 Å². The first-order valence-electron chi connectivity index (χ1n) is 11.6. The number of amides is 1. The minimum atomic E-state index is -0.761. The van der Waals surface area contributed by atoms with Crippen molar-refractivity contribution in [3.63, 3.8) is 0 Å². The molecule has 2 aromatic carbocycles. The summed E-state index contributed by atoms with van der Waals surface area (Å²) in [6.45, 7) is 2.15. The van der Waals surface area contributed by atoms with Gasteiger partial charge in [-0.05, 0) is 53.9 Å². The number of ether oxygens (including phenoxy) is 2. The Morgan fingerprint density at radius 1 is 0.969 bits per heavy atom. The maximum atomic E-state index is 12.8. The standard InChI is InChI=1S/C26H29NO5/c28-25(29)22-11-14-31-24(22)15-17-9-12-27(13-10-17)26(30)32-16-23-20-7-3-1-5-18(20)19-6-2-4-8-21(19)23/h1-8,17,22-24H,9-16H2,(H,28,29)/t22-,24-/m1/s1. The van der Waals surface area contributed by atoms with Gasteiger partial charge in [-0.15, -0.1) is 0 Å². The third-order valence-electron chi connectivity index (χ3n) is 7.30. The second kappa shape index (κ2) is 8.94. The average molecular weight is 436 g/mol. The Morgan fingerprint density at radius 3 is 2.22 bits per heavy atom. The molecule has 0 saturated carbocycles. The molecule has 1 aliphatic carbocycles. The maximum absolute atomic E-state index is 12.8. The smallest absolute Gasteiger partial charge is 0.409 e. The fourth-order valence-electron chi connectivity index (χ4n) is 5.53. The van der Waals surface area contributed by atoms with Crippen LogP contribution in [-0.2, 0) is 14.3 Å². The molecule has 2 aliphatic heterocycles. The normalized spacial score (nSPS) is 23.1. The minimum absolute atomic E-state index is 0.0661. The quantitative estimate of drug-likeness (QED) is 0.747. The molecule has 1 N–H and O–H groups in total. The summed E-state index contributed by atoms with van der Waals surface area (Å²) in [7, 11) is 0. The Hall–Kier alpha value is -2.86. The lowest BCUT2D eigenvalue weighted by atomic mass is 9.87. The highest BCUT2D eigenvalue weighted by Crippen LogP contribution is 2.44. The number of carbonyl (C=O) groups is 2. The van der Waals surface area contributed by atoms with E-state index >= 15 is 0 Å². The first kappa shape index (κ1) is 21.0. The molecule has 1 amide bonds. The lowest BCUT2D eigenvalue weighted by molar-refractivity contribution is -0.143. The van der Waals surface area contributed by atoms with E-state index in [2.05, 4.69) is 24.3 Å². The summed E-state index contributed by atoms with van der Waals surface area (Å²) in [5, 5.41) is 9.35. The van der Waals surface area contributed by atoms with Gasteiger partial charge in [0, 0.05) is 25.6 Å². The molecule has 2 aromatic rings. The lowest BCUT2D eigenvalue weighted by Crippen LogP contribution is -2.40. The van der Waals surface area contributed by atoms with Crippen molar-refractivity contribution in [3.05, 3.63) is 59.7 Å². The van der Waals surface area contributed by atoms with Crippen molar-refractivity contribution in [1.82, 2.24) is 4.90 Å². The van der Waals surface area contributed by atoms with Crippen LogP contribution in [0.3, 0.4) is 0 Å². The number of likely N-dealkylation sites (tertiary alicyclic amines) is 1. The number of hydrogen-bond donors (Lipinski definition) is 1. The van der Waals surface area contributed by atoms with Gasteiger partial charge in [0.05, 0.1) is 12.0 Å². The van der Waals surface area contributed by atoms with Crippen LogP contribution < -0.4 is 0 Å². The maximum Gasteiger partial charge on any atom is 0.409 e. The van der Waals surface area contributed by atoms with Crippen LogP contribution in [0.4, 0.5) is 4.79 Å². The van der Waals surface area contributed by atoms with E-state index in [4.69, 9.17) is 9.47 Å². The molecule has 32 heavy (non-hydrogen) atoms. The number of benzene rings is 2. The van der Waals surface area contributed by atoms with Crippen molar-refractivity contribution < 1.29 is 24.2 Å². The number of aliphatic carboxylic acids is 1. The zero-order chi connectivity index (χ0) is 22.1. The van der Waals surface area contributed by atoms with Gasteiger partial charge in [0.25, 0.3) is 0 Å². The van der Waals surface area contributed by atoms with Crippen molar-refractivity contribution >= 4 is 12.1 Å². The summed E-state index contributed by atoms with van der Waals surface area (Å²) >= 11 is 0. The SMILES string of the molecule is O=C(O)[C@@H]1CCO[C@@H]1CC1CCN(C(=O)OCC2c3ccccc3-c3ccccc32)CC1. The van der Waals surface area contributed by atoms with Crippen LogP contribution in [0.2, 0.25) is 0 Å². The largest absolute Gasteiger partial charge is 0.481 e. The minimum Gasteiger partial charge on any atom is -0.481 e. The number of carboxylic acids is 1. The number of nitrogens with zero attached hydrogens (tertiary/aromatic N) is 1. The van der Waals surface area contributed by atoms with Crippen LogP contribution >= 0.6 is 0 Å². The van der Waals surface area contributed by atoms with Gasteiger partial charge in [-0.1, -0.05) is 48.5 Å². The van der Waals surface area contributed by atoms with Gasteiger partial charge in [-0.2, -0.15) is 0 Å². The van der Waals surface area contributed by atoms with Gasteiger partial charge >= 0.3 is 12.1 Å². The van der Waals surface area contributed by atoms with Gasteiger partial charge in [0.15, 0.2) is 0 Å². The summed E-state index contributed by atoms with van der Waals surface area (Å²) in [4.78, 5) is 25.9. The van der Waals surface area contributed by atoms with Crippen molar-refractivity contribution in [2.45, 2.75) is 37.7 Å². The summed E-state index contributed by atoms with van der Waals surface area (Å²) < 4.78 is 11.5. The predicted octanol–water partition coefficient (Wildman–Crippen LogP) is 4.53. The lowest BCUT2D eigenvalue weighted by Gasteiger charge is -2.33. The molecule has 168 valence electrons. The molecule has 2 fully saturated rings. The van der Waals surface area contributed by atoms with Crippen LogP contribution in [0.5, 0.6) is 0 Å². The first-order valence-corrected chi connectivity index (χ1v) is 11.6. The second-order valence-corrected chi connectivity index (χ2v) is 9.11. The van der Waals surface area contributed by atoms with E-state index in [1.807, 2.05) is 24.3 Å². The Balaban J connectivity index is 1.15. The van der Waals surface area contributed by atoms with Crippen molar-refractivity contribution in [1.29, 1.82) is 0 Å². The Labute approximate surface area is 188 Å². The molecule has 0 spiro atoms. The molecule has 6 nitrogen and oxygen atoms in total. The molecular weight excluding hydrogens is 406 g/mol. The Morgan fingerprint density at radius 2 is 1.59 bits per heavy atom. The molecule has 2 atom stereocenters. The molecule has 0 bridgehead atoms. The van der Waals surface area contributed by atoms with Crippen molar-refractivity contribution in [2.75, 3.05) is 26.3 Å². The monoisotopic (exact) mass is 435 g/mol. The third kappa shape index (κ3) is 3.99. The number of hydrogen-bond acceptors (Lipinski definition) is 4. The van der Waals surface area contributed by atoms with Gasteiger partial charge in [-0.3, -0.25) is 4.79 Å². The van der Waals surface area contributed by atoms with Crippen LogP contribution in [-0.4, -0.2) is 54.5 Å². The molecule has 2 heterocycles. The van der Waals surface area contributed by atoms with Crippen molar-refractivity contribution in [3.8, 4) is 11.1 Å². The number of carbonyl (C=O) groups excluding carboxylic acids is 1. The molecule has 3 aliphatic rings. The fraction of sp³-hybridized carbons (Fsp3) is 0.462. The summed E-state index contributed by atoms with van der Waals surface area (Å²) in [5.41, 5.74) is 4.87. The van der Waals surface area contributed by atoms with Crippen LogP contribution in [0, 0.1) is 11.8 Å². The van der Waals surface area contributed by atoms with Crippen LogP contribution in [0.1, 0.15) is 42.7 Å². The van der Waals surface area contributed by atoms with E-state index in [1.54, 1.807) is 4.90 Å². The zero-order valence-electron chi connectivity index (χ0n) is 18.1. The van der Waals surface area contributed by atoms with E-state index in [-0.39, 0.29) is 18.1 Å².